The van der Waals surface area contributed by atoms with Crippen molar-refractivity contribution in [3.8, 4) is 0 Å². The number of ether oxygens (including phenoxy) is 4. The highest BCUT2D eigenvalue weighted by molar-refractivity contribution is 5.78. The zero-order chi connectivity index (χ0) is 71.0. The van der Waals surface area contributed by atoms with Crippen LogP contribution >= 0.6 is 0 Å². The highest BCUT2D eigenvalue weighted by Gasteiger charge is 2.69. The molecule has 16 aliphatic carbocycles. The van der Waals surface area contributed by atoms with Crippen molar-refractivity contribution in [2.45, 2.75) is 377 Å². The van der Waals surface area contributed by atoms with E-state index in [-0.39, 0.29) is 69.5 Å². The van der Waals surface area contributed by atoms with Crippen LogP contribution in [0.2, 0.25) is 0 Å². The lowest BCUT2D eigenvalue weighted by Crippen LogP contribution is -2.46. The Bertz CT molecular complexity index is 2760. The van der Waals surface area contributed by atoms with Gasteiger partial charge in [-0.25, -0.2) is 0 Å². The van der Waals surface area contributed by atoms with Crippen LogP contribution in [0.5, 0.6) is 0 Å². The van der Waals surface area contributed by atoms with Crippen LogP contribution in [0.3, 0.4) is 0 Å². The number of carbonyl (C=O) groups is 4. The van der Waals surface area contributed by atoms with Crippen molar-refractivity contribution in [3.05, 3.63) is 0 Å². The van der Waals surface area contributed by atoms with Gasteiger partial charge < -0.3 is 18.9 Å². The number of fused-ring (bicyclic) bond motifs is 20. The Hall–Kier alpha value is -2.12. The average Bonchev–Trinajstić information content (AvgIpc) is 1.57. The van der Waals surface area contributed by atoms with Crippen LogP contribution in [-0.4, -0.2) is 46.3 Å². The first-order chi connectivity index (χ1) is 48.1. The Morgan fingerprint density at radius 1 is 0.370 bits per heavy atom. The van der Waals surface area contributed by atoms with Crippen molar-refractivity contribution < 1.29 is 38.1 Å². The lowest BCUT2D eigenvalue weighted by atomic mass is 9.63. The van der Waals surface area contributed by atoms with Crippen molar-refractivity contribution in [1.29, 1.82) is 0 Å². The summed E-state index contributed by atoms with van der Waals surface area (Å²) in [5.41, 5.74) is -0.835. The van der Waals surface area contributed by atoms with Crippen LogP contribution in [0.25, 0.3) is 0 Å². The molecule has 29 atom stereocenters. The van der Waals surface area contributed by atoms with E-state index in [0.717, 1.165) is 195 Å². The Kier molecular flexibility index (Phi) is 23.5. The molecule has 0 N–H and O–H groups in total. The van der Waals surface area contributed by atoms with Crippen molar-refractivity contribution in [3.63, 3.8) is 0 Å². The number of hydrogen-bond donors (Lipinski definition) is 0. The van der Waals surface area contributed by atoms with Crippen molar-refractivity contribution in [2.24, 2.45) is 177 Å². The third kappa shape index (κ3) is 13.5. The second-order valence-electron chi connectivity index (χ2n) is 39.9. The molecule has 0 aromatic carbocycles. The first-order valence-corrected chi connectivity index (χ1v) is 45.0. The van der Waals surface area contributed by atoms with Gasteiger partial charge in [-0.2, -0.15) is 0 Å². The SMILES string of the molecule is CCC1CC(CC)C2C1C1CC2C(C)(C(=O)OC2(CC)CCCC2)C1.CCC1CC(CC)C2C3CC(C(C)C3C(=O)OC3(CC)CCCC3)C12.CCC1CC(CC)C2C3CC(CC3C(=O)OC(C)(C)C3CCCCC3)C12.CCC1CC(CC)C2C3CC(CC3C(=O)OC3(CC)CCCC3)C12. The first kappa shape index (κ1) is 76.1. The Labute approximate surface area is 612 Å². The Morgan fingerprint density at radius 2 is 0.740 bits per heavy atom. The molecule has 16 aliphatic rings. The quantitative estimate of drug-likeness (QED) is 0.0877. The summed E-state index contributed by atoms with van der Waals surface area (Å²) in [7, 11) is 0. The molecule has 16 rings (SSSR count). The van der Waals surface area contributed by atoms with Crippen LogP contribution in [0, 0.1) is 177 Å². The summed E-state index contributed by atoms with van der Waals surface area (Å²) in [5, 5.41) is 0. The maximum atomic E-state index is 13.4. The predicted molar refractivity (Wildman–Crippen MR) is 404 cm³/mol. The van der Waals surface area contributed by atoms with Crippen molar-refractivity contribution in [2.75, 3.05) is 0 Å². The molecule has 16 fully saturated rings. The third-order valence-electron chi connectivity index (χ3n) is 36.1. The van der Waals surface area contributed by atoms with Gasteiger partial charge in [0.05, 0.1) is 23.2 Å². The zero-order valence-corrected chi connectivity index (χ0v) is 67.1. The molecule has 8 heteroatoms. The van der Waals surface area contributed by atoms with Crippen molar-refractivity contribution in [1.82, 2.24) is 0 Å². The van der Waals surface area contributed by atoms with Gasteiger partial charge in [0.2, 0.25) is 0 Å². The maximum absolute atomic E-state index is 13.4. The van der Waals surface area contributed by atoms with E-state index in [1.165, 1.54) is 173 Å². The molecule has 0 aromatic rings. The lowest BCUT2D eigenvalue weighted by Gasteiger charge is -2.43. The summed E-state index contributed by atoms with van der Waals surface area (Å²) in [6.45, 7) is 34.6. The third-order valence-corrected chi connectivity index (χ3v) is 36.1. The second-order valence-corrected chi connectivity index (χ2v) is 39.9. The van der Waals surface area contributed by atoms with Crippen LogP contribution in [0.1, 0.15) is 354 Å². The summed E-state index contributed by atoms with van der Waals surface area (Å²) in [4.78, 5) is 52.9. The monoisotopic (exact) mass is 1390 g/mol. The molecule has 0 aromatic heterocycles. The molecule has 0 saturated heterocycles. The second kappa shape index (κ2) is 30.9. The minimum atomic E-state index is -0.273. The van der Waals surface area contributed by atoms with Gasteiger partial charge in [-0.15, -0.1) is 0 Å². The summed E-state index contributed by atoms with van der Waals surface area (Å²) >= 11 is 0. The summed E-state index contributed by atoms with van der Waals surface area (Å²) in [6, 6.07) is 0. The van der Waals surface area contributed by atoms with Crippen LogP contribution < -0.4 is 0 Å². The highest BCUT2D eigenvalue weighted by atomic mass is 16.6. The van der Waals surface area contributed by atoms with Crippen LogP contribution in [-0.2, 0) is 38.1 Å². The largest absolute Gasteiger partial charge is 0.459 e. The van der Waals surface area contributed by atoms with E-state index in [2.05, 4.69) is 104 Å². The average molecular weight is 1390 g/mol. The van der Waals surface area contributed by atoms with Crippen molar-refractivity contribution >= 4 is 23.9 Å². The van der Waals surface area contributed by atoms with E-state index >= 15 is 0 Å². The number of esters is 4. The molecule has 0 aliphatic heterocycles. The smallest absolute Gasteiger partial charge is 0.312 e. The molecule has 0 spiro atoms. The maximum Gasteiger partial charge on any atom is 0.312 e. The zero-order valence-electron chi connectivity index (χ0n) is 67.1. The Balaban J connectivity index is 0.000000120. The van der Waals surface area contributed by atoms with Gasteiger partial charge in [0, 0.05) is 0 Å². The van der Waals surface area contributed by atoms with Crippen LogP contribution in [0.15, 0.2) is 0 Å². The van der Waals surface area contributed by atoms with Gasteiger partial charge in [0.1, 0.15) is 22.4 Å². The summed E-state index contributed by atoms with van der Waals surface area (Å²) in [6.07, 6.45) is 48.2. The predicted octanol–water partition coefficient (Wildman–Crippen LogP) is 23.7. The fraction of sp³-hybridized carbons (Fsp3) is 0.957. The fourth-order valence-electron chi connectivity index (χ4n) is 31.2. The molecule has 8 bridgehead atoms. The molecule has 16 saturated carbocycles. The van der Waals surface area contributed by atoms with E-state index in [1.807, 2.05) is 0 Å². The molecular formula is C92H152O8. The van der Waals surface area contributed by atoms with E-state index < -0.39 is 0 Å². The molecule has 568 valence electrons. The highest BCUT2D eigenvalue weighted by Crippen LogP contribution is 2.72. The molecule has 29 unspecified atom stereocenters. The van der Waals surface area contributed by atoms with Gasteiger partial charge in [-0.05, 0) is 354 Å². The van der Waals surface area contributed by atoms with E-state index in [1.54, 1.807) is 0 Å². The molecular weight excluding hydrogens is 1230 g/mol. The minimum absolute atomic E-state index is 0.107. The standard InChI is InChI=1S/C24H40O2.2C23H38O2.C22H36O2/c1-5-15-12-16(6-2)22-19-13-17(21(15)22)14-20(19)23(25)26-24(3,4)18-10-8-7-9-11-18;1-5-15-12-16(6-2)20-18-13-17(19(15)20)14-22(18,4)21(24)25-23(7-3)10-8-9-11-23;1-5-15-12-16(6-2)21-18-13-17(20(15)21)14(4)19(18)22(24)25-23(7-3)10-8-9-11-23;1-4-14-11-15(5-2)20-17-12-16(19(14)20)13-18(17)21(23)24-22(6-3)9-7-8-10-22/h15-22H,5-14H2,1-4H3;15-20H,5-14H2,1-4H3;14-21H,5-13H2,1-4H3;14-20H,4-13H2,1-3H3. The number of carbonyl (C=O) groups excluding carboxylic acids is 4. The fourth-order valence-corrected chi connectivity index (χ4v) is 31.2. The van der Waals surface area contributed by atoms with Gasteiger partial charge >= 0.3 is 23.9 Å². The molecule has 0 heterocycles. The van der Waals surface area contributed by atoms with Gasteiger partial charge in [-0.3, -0.25) is 19.2 Å². The van der Waals surface area contributed by atoms with Gasteiger partial charge in [-0.1, -0.05) is 154 Å². The summed E-state index contributed by atoms with van der Waals surface area (Å²) in [5.74, 6) is 22.2. The molecule has 0 radical (unpaired) electrons. The van der Waals surface area contributed by atoms with Gasteiger partial charge in [0.25, 0.3) is 0 Å². The molecule has 0 amide bonds. The van der Waals surface area contributed by atoms with E-state index in [9.17, 15) is 19.2 Å². The normalized spacial score (nSPS) is 45.7. The number of rotatable bonds is 20. The lowest BCUT2D eigenvalue weighted by molar-refractivity contribution is -0.177. The van der Waals surface area contributed by atoms with E-state index in [0.29, 0.717) is 35.5 Å². The van der Waals surface area contributed by atoms with Gasteiger partial charge in [0.15, 0.2) is 0 Å². The first-order valence-electron chi connectivity index (χ1n) is 45.0. The summed E-state index contributed by atoms with van der Waals surface area (Å²) < 4.78 is 25.1. The molecule has 100 heavy (non-hydrogen) atoms. The topological polar surface area (TPSA) is 105 Å². The minimum Gasteiger partial charge on any atom is -0.459 e. The van der Waals surface area contributed by atoms with E-state index in [4.69, 9.17) is 18.9 Å². The molecule has 8 nitrogen and oxygen atoms in total. The number of hydrogen-bond acceptors (Lipinski definition) is 8. The Morgan fingerprint density at radius 3 is 1.17 bits per heavy atom. The van der Waals surface area contributed by atoms with Crippen LogP contribution in [0.4, 0.5) is 0 Å².